The van der Waals surface area contributed by atoms with Crippen molar-refractivity contribution in [2.24, 2.45) is 0 Å². The number of benzene rings is 3. The molecule has 0 spiro atoms. The molecule has 4 rings (SSSR count). The van der Waals surface area contributed by atoms with Gasteiger partial charge in [-0.05, 0) is 86.5 Å². The molecule has 1 aliphatic rings. The second kappa shape index (κ2) is 11.0. The summed E-state index contributed by atoms with van der Waals surface area (Å²) in [6.07, 6.45) is 0.848. The minimum absolute atomic E-state index is 0.0144. The molecule has 0 aliphatic carbocycles. The van der Waals surface area contributed by atoms with Gasteiger partial charge in [0.15, 0.2) is 0 Å². The summed E-state index contributed by atoms with van der Waals surface area (Å²) in [5.74, 6) is -0.531. The summed E-state index contributed by atoms with van der Waals surface area (Å²) in [4.78, 5) is 28.0. The number of aliphatic hydroxyl groups excluding tert-OH is 1. The van der Waals surface area contributed by atoms with Crippen LogP contribution in [-0.2, 0) is 9.59 Å². The molecule has 188 valence electrons. The lowest BCUT2D eigenvalue weighted by molar-refractivity contribution is -0.132. The highest BCUT2D eigenvalue weighted by Gasteiger charge is 2.47. The van der Waals surface area contributed by atoms with Crippen molar-refractivity contribution in [3.05, 3.63) is 95.1 Å². The Morgan fingerprint density at radius 2 is 1.59 bits per heavy atom. The number of ketones is 1. The maximum Gasteiger partial charge on any atom is 0.300 e. The van der Waals surface area contributed by atoms with Gasteiger partial charge >= 0.3 is 0 Å². The molecule has 7 heteroatoms. The van der Waals surface area contributed by atoms with Crippen molar-refractivity contribution in [1.82, 2.24) is 0 Å². The molecule has 0 saturated carbocycles. The second-order valence-corrected chi connectivity index (χ2v) is 8.94. The Bertz CT molecular complexity index is 1350. The van der Waals surface area contributed by atoms with E-state index < -0.39 is 17.7 Å². The highest BCUT2D eigenvalue weighted by atomic mass is 16.5. The van der Waals surface area contributed by atoms with Crippen molar-refractivity contribution < 1.29 is 24.2 Å². The monoisotopic (exact) mass is 496 g/mol. The van der Waals surface area contributed by atoms with E-state index in [2.05, 4.69) is 6.07 Å². The van der Waals surface area contributed by atoms with Gasteiger partial charge in [-0.3, -0.25) is 14.5 Å². The largest absolute Gasteiger partial charge is 0.507 e. The van der Waals surface area contributed by atoms with Gasteiger partial charge in [0, 0.05) is 11.3 Å². The van der Waals surface area contributed by atoms with Crippen LogP contribution in [0.3, 0.4) is 0 Å². The number of rotatable bonds is 8. The van der Waals surface area contributed by atoms with E-state index in [1.54, 1.807) is 72.8 Å². The molecule has 3 aromatic carbocycles. The predicted molar refractivity (Wildman–Crippen MR) is 140 cm³/mol. The molecule has 1 unspecified atom stereocenters. The molecule has 1 saturated heterocycles. The molecule has 0 radical (unpaired) electrons. The first-order valence-corrected chi connectivity index (χ1v) is 12.1. The van der Waals surface area contributed by atoms with Gasteiger partial charge in [0.2, 0.25) is 0 Å². The van der Waals surface area contributed by atoms with Gasteiger partial charge < -0.3 is 14.6 Å². The van der Waals surface area contributed by atoms with Gasteiger partial charge in [-0.25, -0.2) is 0 Å². The van der Waals surface area contributed by atoms with E-state index in [-0.39, 0.29) is 17.4 Å². The zero-order valence-electron chi connectivity index (χ0n) is 21.0. The number of ether oxygens (including phenoxy) is 2. The highest BCUT2D eigenvalue weighted by molar-refractivity contribution is 6.51. The molecular formula is C30H28N2O5. The fraction of sp³-hybridized carbons (Fsp3) is 0.233. The molecule has 1 aliphatic heterocycles. The van der Waals surface area contributed by atoms with Gasteiger partial charge in [-0.2, -0.15) is 5.26 Å². The minimum atomic E-state index is -0.878. The van der Waals surface area contributed by atoms with Gasteiger partial charge in [0.25, 0.3) is 11.7 Å². The summed E-state index contributed by atoms with van der Waals surface area (Å²) < 4.78 is 11.4. The number of amides is 1. The Kier molecular flexibility index (Phi) is 7.59. The number of nitrogens with zero attached hydrogens (tertiary/aromatic N) is 2. The first-order chi connectivity index (χ1) is 17.8. The summed E-state index contributed by atoms with van der Waals surface area (Å²) >= 11 is 0. The Labute approximate surface area is 216 Å². The molecule has 1 atom stereocenters. The fourth-order valence-corrected chi connectivity index (χ4v) is 4.20. The normalized spacial score (nSPS) is 16.6. The Balaban J connectivity index is 1.82. The number of anilines is 1. The van der Waals surface area contributed by atoms with Crippen molar-refractivity contribution in [2.45, 2.75) is 39.3 Å². The summed E-state index contributed by atoms with van der Waals surface area (Å²) in [5, 5.41) is 20.5. The zero-order chi connectivity index (χ0) is 26.5. The van der Waals surface area contributed by atoms with Crippen LogP contribution in [0.25, 0.3) is 5.76 Å². The van der Waals surface area contributed by atoms with E-state index in [9.17, 15) is 14.7 Å². The maximum absolute atomic E-state index is 13.3. The lowest BCUT2D eigenvalue weighted by atomic mass is 9.95. The summed E-state index contributed by atoms with van der Waals surface area (Å²) in [5.41, 5.74) is 1.87. The third-order valence-electron chi connectivity index (χ3n) is 5.89. The standard InChI is InChI=1S/C30H28N2O5/c1-4-17-36-24-13-9-22(10-14-24)28(33)26-27(21-7-15-25(16-8-21)37-19(2)3)32(30(35)29(26)34)23-11-5-20(18-31)6-12-23/h5-16,19,27,33H,4,17H2,1-3H3/b28-26+. The molecule has 1 heterocycles. The van der Waals surface area contributed by atoms with E-state index in [4.69, 9.17) is 14.7 Å². The van der Waals surface area contributed by atoms with Crippen molar-refractivity contribution >= 4 is 23.1 Å². The van der Waals surface area contributed by atoms with Gasteiger partial charge in [-0.1, -0.05) is 19.1 Å². The van der Waals surface area contributed by atoms with Gasteiger partial charge in [-0.15, -0.1) is 0 Å². The molecule has 0 bridgehead atoms. The maximum atomic E-state index is 13.3. The number of hydrogen-bond acceptors (Lipinski definition) is 6. The smallest absolute Gasteiger partial charge is 0.300 e. The van der Waals surface area contributed by atoms with Crippen LogP contribution in [0.2, 0.25) is 0 Å². The number of carbonyl (C=O) groups is 2. The summed E-state index contributed by atoms with van der Waals surface area (Å²) in [7, 11) is 0. The quantitative estimate of drug-likeness (QED) is 0.242. The molecular weight excluding hydrogens is 468 g/mol. The van der Waals surface area contributed by atoms with Crippen LogP contribution in [0.1, 0.15) is 49.9 Å². The number of aliphatic hydroxyl groups is 1. The van der Waals surface area contributed by atoms with Gasteiger partial charge in [0.1, 0.15) is 17.3 Å². The molecule has 0 aromatic heterocycles. The lowest BCUT2D eigenvalue weighted by Gasteiger charge is -2.25. The fourth-order valence-electron chi connectivity index (χ4n) is 4.20. The summed E-state index contributed by atoms with van der Waals surface area (Å²) in [6.45, 7) is 6.42. The van der Waals surface area contributed by atoms with Crippen molar-refractivity contribution in [1.29, 1.82) is 5.26 Å². The average molecular weight is 497 g/mol. The van der Waals surface area contributed by atoms with Crippen molar-refractivity contribution in [3.8, 4) is 17.6 Å². The molecule has 37 heavy (non-hydrogen) atoms. The molecule has 3 aromatic rings. The Morgan fingerprint density at radius 1 is 0.973 bits per heavy atom. The first kappa shape index (κ1) is 25.5. The third kappa shape index (κ3) is 5.34. The average Bonchev–Trinajstić information content (AvgIpc) is 3.17. The van der Waals surface area contributed by atoms with E-state index in [1.165, 1.54) is 4.90 Å². The van der Waals surface area contributed by atoms with E-state index in [0.29, 0.717) is 40.5 Å². The molecule has 1 N–H and O–H groups in total. The van der Waals surface area contributed by atoms with Gasteiger partial charge in [0.05, 0.1) is 36.0 Å². The third-order valence-corrected chi connectivity index (χ3v) is 5.89. The highest BCUT2D eigenvalue weighted by Crippen LogP contribution is 2.42. The van der Waals surface area contributed by atoms with Crippen LogP contribution in [-0.4, -0.2) is 29.5 Å². The number of Topliss-reactive ketones (excluding diaryl/α,β-unsaturated/α-hetero) is 1. The molecule has 7 nitrogen and oxygen atoms in total. The Hall–Kier alpha value is -4.57. The van der Waals surface area contributed by atoms with Crippen LogP contribution in [0.4, 0.5) is 5.69 Å². The van der Waals surface area contributed by atoms with E-state index in [1.807, 2.05) is 20.8 Å². The van der Waals surface area contributed by atoms with E-state index in [0.717, 1.165) is 6.42 Å². The second-order valence-electron chi connectivity index (χ2n) is 8.94. The molecule has 1 amide bonds. The van der Waals surface area contributed by atoms with Crippen LogP contribution < -0.4 is 14.4 Å². The van der Waals surface area contributed by atoms with Crippen LogP contribution >= 0.6 is 0 Å². The number of carbonyl (C=O) groups excluding carboxylic acids is 2. The minimum Gasteiger partial charge on any atom is -0.507 e. The molecule has 1 fully saturated rings. The predicted octanol–water partition coefficient (Wildman–Crippen LogP) is 5.76. The van der Waals surface area contributed by atoms with E-state index >= 15 is 0 Å². The van der Waals surface area contributed by atoms with Crippen LogP contribution in [0.5, 0.6) is 11.5 Å². The first-order valence-electron chi connectivity index (χ1n) is 12.1. The lowest BCUT2D eigenvalue weighted by Crippen LogP contribution is -2.29. The van der Waals surface area contributed by atoms with Crippen LogP contribution in [0, 0.1) is 11.3 Å². The Morgan fingerprint density at radius 3 is 2.16 bits per heavy atom. The van der Waals surface area contributed by atoms with Crippen LogP contribution in [0.15, 0.2) is 78.4 Å². The van der Waals surface area contributed by atoms with Crippen molar-refractivity contribution in [3.63, 3.8) is 0 Å². The topological polar surface area (TPSA) is 99.9 Å². The zero-order valence-corrected chi connectivity index (χ0v) is 21.0. The summed E-state index contributed by atoms with van der Waals surface area (Å²) in [6, 6.07) is 21.4. The number of nitriles is 1. The number of hydrogen-bond donors (Lipinski definition) is 1. The van der Waals surface area contributed by atoms with Crippen molar-refractivity contribution in [2.75, 3.05) is 11.5 Å². The SMILES string of the molecule is CCCOc1ccc(/C(O)=C2\C(=O)C(=O)N(c3ccc(C#N)cc3)C2c2ccc(OC(C)C)cc2)cc1.